The van der Waals surface area contributed by atoms with Crippen LogP contribution in [0, 0.1) is 0 Å². The van der Waals surface area contributed by atoms with Crippen LogP contribution in [0.15, 0.2) is 30.3 Å². The lowest BCUT2D eigenvalue weighted by Gasteiger charge is -2.27. The van der Waals surface area contributed by atoms with Gasteiger partial charge in [-0.25, -0.2) is 5.06 Å². The van der Waals surface area contributed by atoms with E-state index in [0.29, 0.717) is 44.0 Å². The second-order valence-corrected chi connectivity index (χ2v) is 6.87. The molecule has 0 unspecified atom stereocenters. The predicted octanol–water partition coefficient (Wildman–Crippen LogP) is 1.87. The highest BCUT2D eigenvalue weighted by Crippen LogP contribution is 2.24. The molecule has 0 atom stereocenters. The Kier molecular flexibility index (Phi) is 3.71. The third-order valence-corrected chi connectivity index (χ3v) is 5.16. The number of nitrogens with zero attached hydrogens (tertiary/aromatic N) is 3. The number of para-hydroxylation sites is 1. The van der Waals surface area contributed by atoms with Gasteiger partial charge in [-0.2, -0.15) is 5.10 Å². The van der Waals surface area contributed by atoms with E-state index >= 15 is 0 Å². The van der Waals surface area contributed by atoms with Gasteiger partial charge in [-0.1, -0.05) is 18.2 Å². The first-order chi connectivity index (χ1) is 13.2. The van der Waals surface area contributed by atoms with Crippen LogP contribution < -0.4 is 0 Å². The minimum atomic E-state index is -0.245. The summed E-state index contributed by atoms with van der Waals surface area (Å²) in [6, 6.07) is 9.67. The van der Waals surface area contributed by atoms with Gasteiger partial charge < -0.3 is 9.88 Å². The maximum Gasteiger partial charge on any atom is 0.298 e. The summed E-state index contributed by atoms with van der Waals surface area (Å²) in [4.78, 5) is 35.9. The molecule has 1 aromatic carbocycles. The van der Waals surface area contributed by atoms with Crippen molar-refractivity contribution in [3.8, 4) is 0 Å². The number of carbonyl (C=O) groups is 2. The molecule has 4 heterocycles. The van der Waals surface area contributed by atoms with Gasteiger partial charge in [0.05, 0.1) is 19.7 Å². The fraction of sp³-hybridized carbons (Fsp3) is 0.316. The van der Waals surface area contributed by atoms with Crippen molar-refractivity contribution >= 4 is 22.7 Å². The number of hydroxylamine groups is 2. The summed E-state index contributed by atoms with van der Waals surface area (Å²) in [5.74, 6) is -0.321. The molecule has 0 radical (unpaired) electrons. The average Bonchev–Trinajstić information content (AvgIpc) is 3.45. The van der Waals surface area contributed by atoms with E-state index in [4.69, 9.17) is 4.84 Å². The Morgan fingerprint density at radius 1 is 1.15 bits per heavy atom. The Labute approximate surface area is 155 Å². The molecule has 2 N–H and O–H groups in total. The van der Waals surface area contributed by atoms with Crippen LogP contribution in [-0.2, 0) is 17.8 Å². The number of carbonyl (C=O) groups excluding carboxylic acids is 2. The predicted molar refractivity (Wildman–Crippen MR) is 96.9 cm³/mol. The summed E-state index contributed by atoms with van der Waals surface area (Å²) in [5.41, 5.74) is 3.54. The molecular formula is C19H19N5O3. The van der Waals surface area contributed by atoms with E-state index in [2.05, 4.69) is 15.2 Å². The van der Waals surface area contributed by atoms with E-state index in [9.17, 15) is 9.59 Å². The Morgan fingerprint density at radius 3 is 2.85 bits per heavy atom. The molecule has 1 saturated heterocycles. The zero-order valence-corrected chi connectivity index (χ0v) is 14.7. The number of hydrogen-bond donors (Lipinski definition) is 2. The van der Waals surface area contributed by atoms with Crippen LogP contribution in [0.2, 0.25) is 0 Å². The number of nitrogens with one attached hydrogen (secondary N) is 2. The molecule has 0 saturated carbocycles. The van der Waals surface area contributed by atoms with Crippen LogP contribution in [0.4, 0.5) is 0 Å². The first-order valence-electron chi connectivity index (χ1n) is 9.08. The molecule has 5 rings (SSSR count). The Balaban J connectivity index is 1.41. The summed E-state index contributed by atoms with van der Waals surface area (Å²) in [5, 5.41) is 9.51. The molecule has 1 fully saturated rings. The molecule has 2 aliphatic rings. The quantitative estimate of drug-likeness (QED) is 0.725. The number of aromatic amines is 2. The van der Waals surface area contributed by atoms with Gasteiger partial charge in [-0.05, 0) is 18.6 Å². The van der Waals surface area contributed by atoms with Gasteiger partial charge in [-0.15, -0.1) is 0 Å². The first-order valence-corrected chi connectivity index (χ1v) is 9.08. The summed E-state index contributed by atoms with van der Waals surface area (Å²) in [6.45, 7) is 2.05. The molecule has 8 heteroatoms. The second-order valence-electron chi connectivity index (χ2n) is 6.87. The molecule has 138 valence electrons. The van der Waals surface area contributed by atoms with Crippen LogP contribution in [0.1, 0.15) is 38.7 Å². The SMILES string of the molecule is O=C(c1cc2ccccc2[nH]1)N1CCc2[nH]nc(C(=O)N3CCCO3)c2C1. The lowest BCUT2D eigenvalue weighted by atomic mass is 10.0. The van der Waals surface area contributed by atoms with Crippen molar-refractivity contribution in [1.82, 2.24) is 25.1 Å². The van der Waals surface area contributed by atoms with Gasteiger partial charge in [0, 0.05) is 35.1 Å². The second kappa shape index (κ2) is 6.24. The lowest BCUT2D eigenvalue weighted by molar-refractivity contribution is -0.0772. The highest BCUT2D eigenvalue weighted by molar-refractivity contribution is 5.98. The van der Waals surface area contributed by atoms with Gasteiger partial charge in [0.2, 0.25) is 0 Å². The first kappa shape index (κ1) is 16.1. The zero-order valence-electron chi connectivity index (χ0n) is 14.7. The Hall–Kier alpha value is -3.13. The Morgan fingerprint density at radius 2 is 2.04 bits per heavy atom. The molecule has 8 nitrogen and oxygen atoms in total. The number of rotatable bonds is 2. The van der Waals surface area contributed by atoms with E-state index < -0.39 is 0 Å². The van der Waals surface area contributed by atoms with E-state index in [-0.39, 0.29) is 11.8 Å². The lowest BCUT2D eigenvalue weighted by Crippen LogP contribution is -2.37. The molecule has 2 aliphatic heterocycles. The highest BCUT2D eigenvalue weighted by Gasteiger charge is 2.32. The minimum Gasteiger partial charge on any atom is -0.351 e. The fourth-order valence-electron chi connectivity index (χ4n) is 3.73. The third kappa shape index (κ3) is 2.69. The van der Waals surface area contributed by atoms with Crippen molar-refractivity contribution in [2.45, 2.75) is 19.4 Å². The summed E-state index contributed by atoms with van der Waals surface area (Å²) in [6.07, 6.45) is 1.46. The molecule has 2 aromatic heterocycles. The fourth-order valence-corrected chi connectivity index (χ4v) is 3.73. The largest absolute Gasteiger partial charge is 0.351 e. The molecule has 0 spiro atoms. The van der Waals surface area contributed by atoms with E-state index in [1.807, 2.05) is 30.3 Å². The molecule has 27 heavy (non-hydrogen) atoms. The zero-order chi connectivity index (χ0) is 18.4. The highest BCUT2D eigenvalue weighted by atomic mass is 16.7. The van der Waals surface area contributed by atoms with Crippen LogP contribution in [-0.4, -0.2) is 56.7 Å². The summed E-state index contributed by atoms with van der Waals surface area (Å²) >= 11 is 0. The number of H-pyrrole nitrogens is 2. The molecule has 2 amide bonds. The number of fused-ring (bicyclic) bond motifs is 2. The smallest absolute Gasteiger partial charge is 0.298 e. The van der Waals surface area contributed by atoms with Gasteiger partial charge in [-0.3, -0.25) is 19.5 Å². The van der Waals surface area contributed by atoms with Crippen molar-refractivity contribution in [2.24, 2.45) is 0 Å². The minimum absolute atomic E-state index is 0.0751. The van der Waals surface area contributed by atoms with Gasteiger partial charge in [0.15, 0.2) is 5.69 Å². The molecule has 0 bridgehead atoms. The number of hydrogen-bond acceptors (Lipinski definition) is 4. The van der Waals surface area contributed by atoms with E-state index in [1.165, 1.54) is 5.06 Å². The number of benzene rings is 1. The average molecular weight is 365 g/mol. The van der Waals surface area contributed by atoms with E-state index in [1.54, 1.807) is 4.90 Å². The van der Waals surface area contributed by atoms with Crippen LogP contribution in [0.5, 0.6) is 0 Å². The van der Waals surface area contributed by atoms with Crippen LogP contribution >= 0.6 is 0 Å². The summed E-state index contributed by atoms with van der Waals surface area (Å²) < 4.78 is 0. The maximum absolute atomic E-state index is 13.0. The standard InChI is InChI=1S/C19H19N5O3/c25-18(16-10-12-4-1-2-5-14(12)20-16)23-8-6-15-13(11-23)17(22-21-15)19(26)24-7-3-9-27-24/h1-2,4-5,10,20H,3,6-9,11H2,(H,21,22). The maximum atomic E-state index is 13.0. The van der Waals surface area contributed by atoms with Crippen molar-refractivity contribution in [2.75, 3.05) is 19.7 Å². The number of aromatic nitrogens is 3. The van der Waals surface area contributed by atoms with E-state index in [0.717, 1.165) is 28.6 Å². The normalized spacial score (nSPS) is 16.7. The van der Waals surface area contributed by atoms with Gasteiger partial charge in [0.25, 0.3) is 11.8 Å². The monoisotopic (exact) mass is 365 g/mol. The Bertz CT molecular complexity index is 998. The summed E-state index contributed by atoms with van der Waals surface area (Å²) in [7, 11) is 0. The van der Waals surface area contributed by atoms with Crippen molar-refractivity contribution in [3.63, 3.8) is 0 Å². The third-order valence-electron chi connectivity index (χ3n) is 5.16. The molecule has 0 aliphatic carbocycles. The van der Waals surface area contributed by atoms with Gasteiger partial charge >= 0.3 is 0 Å². The van der Waals surface area contributed by atoms with Gasteiger partial charge in [0.1, 0.15) is 5.69 Å². The molecular weight excluding hydrogens is 346 g/mol. The molecule has 3 aromatic rings. The topological polar surface area (TPSA) is 94.3 Å². The van der Waals surface area contributed by atoms with Crippen LogP contribution in [0.25, 0.3) is 10.9 Å². The van der Waals surface area contributed by atoms with Crippen molar-refractivity contribution in [3.05, 3.63) is 53.0 Å². The van der Waals surface area contributed by atoms with Crippen molar-refractivity contribution in [1.29, 1.82) is 0 Å². The van der Waals surface area contributed by atoms with Crippen molar-refractivity contribution < 1.29 is 14.4 Å². The van der Waals surface area contributed by atoms with Crippen LogP contribution in [0.3, 0.4) is 0 Å². The number of amides is 2.